The number of halogens is 1. The zero-order valence-electron chi connectivity index (χ0n) is 17.6. The molecule has 0 saturated heterocycles. The van der Waals surface area contributed by atoms with E-state index in [1.165, 1.54) is 11.3 Å². The molecule has 0 aliphatic carbocycles. The molecule has 1 heterocycles. The highest BCUT2D eigenvalue weighted by atomic mass is 35.5. The topological polar surface area (TPSA) is 92.3 Å². The van der Waals surface area contributed by atoms with Crippen molar-refractivity contribution in [3.63, 3.8) is 0 Å². The number of amides is 1. The van der Waals surface area contributed by atoms with Gasteiger partial charge >= 0.3 is 0 Å². The maximum atomic E-state index is 13.1. The first-order valence-electron chi connectivity index (χ1n) is 9.57. The van der Waals surface area contributed by atoms with E-state index in [-0.39, 0.29) is 6.42 Å². The Balaban J connectivity index is 1.87. The molecule has 7 nitrogen and oxygen atoms in total. The monoisotopic (exact) mass is 478 g/mol. The van der Waals surface area contributed by atoms with E-state index in [9.17, 15) is 13.2 Å². The Bertz CT molecular complexity index is 1190. The van der Waals surface area contributed by atoms with E-state index in [2.05, 4.69) is 15.5 Å². The van der Waals surface area contributed by atoms with Crippen LogP contribution < -0.4 is 9.62 Å². The summed E-state index contributed by atoms with van der Waals surface area (Å²) in [4.78, 5) is 13.1. The summed E-state index contributed by atoms with van der Waals surface area (Å²) in [6.07, 6.45) is 1.39. The number of benzene rings is 2. The molecular weight excluding hydrogens is 456 g/mol. The maximum Gasteiger partial charge on any atom is 0.250 e. The largest absolute Gasteiger partial charge is 0.299 e. The molecule has 10 heteroatoms. The third-order valence-corrected chi connectivity index (χ3v) is 7.14. The van der Waals surface area contributed by atoms with Crippen molar-refractivity contribution < 1.29 is 13.2 Å². The molecule has 1 aromatic heterocycles. The van der Waals surface area contributed by atoms with Crippen molar-refractivity contribution in [3.8, 4) is 10.6 Å². The number of nitrogens with one attached hydrogen (secondary N) is 1. The van der Waals surface area contributed by atoms with Crippen LogP contribution in [0.25, 0.3) is 10.6 Å². The molecule has 3 rings (SSSR count). The van der Waals surface area contributed by atoms with Crippen LogP contribution in [0.3, 0.4) is 0 Å². The van der Waals surface area contributed by atoms with Gasteiger partial charge in [-0.05, 0) is 55.7 Å². The van der Waals surface area contributed by atoms with Gasteiger partial charge in [-0.1, -0.05) is 48.1 Å². The number of sulfonamides is 1. The third kappa shape index (κ3) is 5.41. The van der Waals surface area contributed by atoms with Crippen LogP contribution in [-0.2, 0) is 14.8 Å². The normalized spacial score (nSPS) is 12.4. The zero-order chi connectivity index (χ0) is 22.8. The van der Waals surface area contributed by atoms with Crippen molar-refractivity contribution in [1.29, 1.82) is 0 Å². The fourth-order valence-electron chi connectivity index (χ4n) is 3.09. The number of rotatable bonds is 7. The molecule has 3 aromatic rings. The van der Waals surface area contributed by atoms with Gasteiger partial charge < -0.3 is 0 Å². The predicted octanol–water partition coefficient (Wildman–Crippen LogP) is 4.66. The molecule has 1 unspecified atom stereocenters. The van der Waals surface area contributed by atoms with Crippen LogP contribution in [0.4, 0.5) is 10.8 Å². The lowest BCUT2D eigenvalue weighted by Crippen LogP contribution is -2.47. The average molecular weight is 479 g/mol. The van der Waals surface area contributed by atoms with Gasteiger partial charge in [0.2, 0.25) is 21.1 Å². The van der Waals surface area contributed by atoms with Crippen molar-refractivity contribution >= 4 is 49.7 Å². The highest BCUT2D eigenvalue weighted by molar-refractivity contribution is 7.92. The number of aromatic nitrogens is 2. The Hall–Kier alpha value is -2.49. The Morgan fingerprint density at radius 3 is 2.39 bits per heavy atom. The molecule has 164 valence electrons. The van der Waals surface area contributed by atoms with Crippen molar-refractivity contribution in [2.24, 2.45) is 0 Å². The summed E-state index contributed by atoms with van der Waals surface area (Å²) in [6, 6.07) is 11.5. The summed E-state index contributed by atoms with van der Waals surface area (Å²) >= 11 is 7.12. The Morgan fingerprint density at radius 2 is 1.81 bits per heavy atom. The van der Waals surface area contributed by atoms with Gasteiger partial charge in [0.25, 0.3) is 0 Å². The fraction of sp³-hybridized carbons (Fsp3) is 0.286. The van der Waals surface area contributed by atoms with Crippen LogP contribution in [0, 0.1) is 13.8 Å². The third-order valence-electron chi connectivity index (χ3n) is 4.82. The lowest BCUT2D eigenvalue weighted by Gasteiger charge is -2.30. The average Bonchev–Trinajstić information content (AvgIpc) is 3.16. The van der Waals surface area contributed by atoms with Crippen LogP contribution in [0.15, 0.2) is 42.5 Å². The van der Waals surface area contributed by atoms with Gasteiger partial charge in [0.15, 0.2) is 0 Å². The number of carbonyl (C=O) groups is 1. The number of carbonyl (C=O) groups excluding carboxylic acids is 1. The standard InChI is InChI=1S/C21H23ClN4O3S2/c1-5-18(26(31(4,28)29)17-11-6-13(2)14(3)12-17)19(27)23-21-25-24-20(30-21)15-7-9-16(22)10-8-15/h6-12,18H,5H2,1-4H3,(H,23,25,27). The Morgan fingerprint density at radius 1 is 1.13 bits per heavy atom. The van der Waals surface area contributed by atoms with Gasteiger partial charge in [0.05, 0.1) is 11.9 Å². The minimum atomic E-state index is -3.71. The summed E-state index contributed by atoms with van der Waals surface area (Å²) in [5, 5.41) is 12.4. The highest BCUT2D eigenvalue weighted by Crippen LogP contribution is 2.29. The van der Waals surface area contributed by atoms with E-state index in [0.29, 0.717) is 20.8 Å². The van der Waals surface area contributed by atoms with Crippen LogP contribution in [0.5, 0.6) is 0 Å². The molecule has 1 amide bonds. The van der Waals surface area contributed by atoms with Crippen LogP contribution in [-0.4, -0.2) is 36.8 Å². The molecule has 0 saturated carbocycles. The van der Waals surface area contributed by atoms with Crippen molar-refractivity contribution in [1.82, 2.24) is 10.2 Å². The van der Waals surface area contributed by atoms with E-state index in [4.69, 9.17) is 11.6 Å². The second-order valence-electron chi connectivity index (χ2n) is 7.16. The lowest BCUT2D eigenvalue weighted by molar-refractivity contribution is -0.117. The predicted molar refractivity (Wildman–Crippen MR) is 126 cm³/mol. The van der Waals surface area contributed by atoms with E-state index in [1.54, 1.807) is 31.2 Å². The zero-order valence-corrected chi connectivity index (χ0v) is 20.0. The number of anilines is 2. The van der Waals surface area contributed by atoms with Crippen molar-refractivity contribution in [2.45, 2.75) is 33.2 Å². The first kappa shape index (κ1) is 23.2. The van der Waals surface area contributed by atoms with E-state index < -0.39 is 22.0 Å². The second-order valence-corrected chi connectivity index (χ2v) is 10.4. The fourth-order valence-corrected chi connectivity index (χ4v) is 5.18. The molecule has 31 heavy (non-hydrogen) atoms. The summed E-state index contributed by atoms with van der Waals surface area (Å²) in [6.45, 7) is 5.62. The van der Waals surface area contributed by atoms with E-state index in [1.807, 2.05) is 32.0 Å². The van der Waals surface area contributed by atoms with Gasteiger partial charge in [-0.25, -0.2) is 8.42 Å². The molecule has 0 aliphatic heterocycles. The molecule has 0 radical (unpaired) electrons. The van der Waals surface area contributed by atoms with Crippen molar-refractivity contribution in [2.75, 3.05) is 15.9 Å². The SMILES string of the molecule is CCC(C(=O)Nc1nnc(-c2ccc(Cl)cc2)s1)N(c1ccc(C)c(C)c1)S(C)(=O)=O. The molecule has 1 N–H and O–H groups in total. The molecule has 2 aromatic carbocycles. The maximum absolute atomic E-state index is 13.1. The van der Waals surface area contributed by atoms with Gasteiger partial charge in [0, 0.05) is 10.6 Å². The first-order valence-corrected chi connectivity index (χ1v) is 12.6. The lowest BCUT2D eigenvalue weighted by atomic mass is 10.1. The quantitative estimate of drug-likeness (QED) is 0.533. The van der Waals surface area contributed by atoms with E-state index in [0.717, 1.165) is 27.3 Å². The van der Waals surface area contributed by atoms with Gasteiger partial charge in [-0.2, -0.15) is 0 Å². The van der Waals surface area contributed by atoms with Crippen molar-refractivity contribution in [3.05, 3.63) is 58.6 Å². The minimum absolute atomic E-state index is 0.286. The number of hydrogen-bond acceptors (Lipinski definition) is 6. The summed E-state index contributed by atoms with van der Waals surface area (Å²) in [5.74, 6) is -0.468. The molecule has 0 spiro atoms. The van der Waals surface area contributed by atoms with Gasteiger partial charge in [-0.3, -0.25) is 14.4 Å². The van der Waals surface area contributed by atoms with Gasteiger partial charge in [0.1, 0.15) is 11.0 Å². The molecule has 0 bridgehead atoms. The van der Waals surface area contributed by atoms with E-state index >= 15 is 0 Å². The van der Waals surface area contributed by atoms with Gasteiger partial charge in [-0.15, -0.1) is 10.2 Å². The summed E-state index contributed by atoms with van der Waals surface area (Å²) in [5.41, 5.74) is 3.26. The smallest absolute Gasteiger partial charge is 0.250 e. The Labute approximate surface area is 191 Å². The Kier molecular flexibility index (Phi) is 6.98. The minimum Gasteiger partial charge on any atom is -0.299 e. The number of nitrogens with zero attached hydrogens (tertiary/aromatic N) is 3. The molecule has 0 fully saturated rings. The molecular formula is C21H23ClN4O3S2. The van der Waals surface area contributed by atoms with Crippen LogP contribution in [0.2, 0.25) is 5.02 Å². The van der Waals surface area contributed by atoms with Crippen LogP contribution in [0.1, 0.15) is 24.5 Å². The summed E-state index contributed by atoms with van der Waals surface area (Å²) < 4.78 is 26.4. The highest BCUT2D eigenvalue weighted by Gasteiger charge is 2.32. The summed E-state index contributed by atoms with van der Waals surface area (Å²) in [7, 11) is -3.71. The number of hydrogen-bond donors (Lipinski definition) is 1. The number of aryl methyl sites for hydroxylation is 2. The second kappa shape index (κ2) is 9.33. The molecule has 1 atom stereocenters. The van der Waals surface area contributed by atoms with Crippen LogP contribution >= 0.6 is 22.9 Å². The molecule has 0 aliphatic rings. The first-order chi connectivity index (χ1) is 14.6.